The van der Waals surface area contributed by atoms with Gasteiger partial charge in [-0.25, -0.2) is 4.98 Å². The van der Waals surface area contributed by atoms with Crippen molar-refractivity contribution in [1.29, 1.82) is 0 Å². The third-order valence-corrected chi connectivity index (χ3v) is 5.02. The molecule has 0 unspecified atom stereocenters. The molecule has 5 nitrogen and oxygen atoms in total. The van der Waals surface area contributed by atoms with E-state index in [0.717, 1.165) is 10.9 Å². The van der Waals surface area contributed by atoms with Gasteiger partial charge < -0.3 is 14.4 Å². The van der Waals surface area contributed by atoms with E-state index < -0.39 is 12.1 Å². The van der Waals surface area contributed by atoms with Crippen LogP contribution in [0.15, 0.2) is 42.5 Å². The number of nitrogens with zero attached hydrogens (tertiary/aromatic N) is 2. The van der Waals surface area contributed by atoms with Crippen molar-refractivity contribution in [2.45, 2.75) is 26.2 Å². The summed E-state index contributed by atoms with van der Waals surface area (Å²) in [6.45, 7) is 1.31. The van der Waals surface area contributed by atoms with Gasteiger partial charge in [-0.2, -0.15) is 13.2 Å². The molecule has 4 rings (SSSR count). The molecule has 1 aliphatic rings. The molecule has 0 saturated heterocycles. The van der Waals surface area contributed by atoms with E-state index in [1.165, 1.54) is 0 Å². The fourth-order valence-electron chi connectivity index (χ4n) is 3.27. The summed E-state index contributed by atoms with van der Waals surface area (Å²) in [5.41, 5.74) is 2.39. The Bertz CT molecular complexity index is 1130. The number of aryl methyl sites for hydroxylation is 1. The van der Waals surface area contributed by atoms with Crippen LogP contribution in [0.2, 0.25) is 5.15 Å². The van der Waals surface area contributed by atoms with Gasteiger partial charge in [-0.15, -0.1) is 0 Å². The highest BCUT2D eigenvalue weighted by Gasteiger charge is 2.42. The van der Waals surface area contributed by atoms with Crippen LogP contribution in [0.25, 0.3) is 10.9 Å². The second-order valence-electron chi connectivity index (χ2n) is 6.98. The summed E-state index contributed by atoms with van der Waals surface area (Å²) in [5.74, 6) is -1.03. The molecule has 3 aromatic rings. The molecule has 0 atom stereocenters. The quantitative estimate of drug-likeness (QED) is 0.539. The number of amides is 1. The predicted octanol–water partition coefficient (Wildman–Crippen LogP) is 5.02. The van der Waals surface area contributed by atoms with E-state index in [1.807, 2.05) is 19.1 Å². The number of carbonyl (C=O) groups is 1. The second kappa shape index (κ2) is 7.68. The summed E-state index contributed by atoms with van der Waals surface area (Å²) in [6.07, 6.45) is -5.02. The van der Waals surface area contributed by atoms with Gasteiger partial charge in [0.25, 0.3) is 0 Å². The Morgan fingerprint density at radius 1 is 1.10 bits per heavy atom. The number of alkyl halides is 3. The van der Waals surface area contributed by atoms with Crippen molar-refractivity contribution in [3.8, 4) is 11.5 Å². The minimum atomic E-state index is -5.02. The first kappa shape index (κ1) is 20.3. The van der Waals surface area contributed by atoms with Crippen LogP contribution in [0.3, 0.4) is 0 Å². The number of halogens is 4. The van der Waals surface area contributed by atoms with Crippen LogP contribution in [0.5, 0.6) is 11.5 Å². The number of aromatic nitrogens is 1. The minimum absolute atomic E-state index is 0.0434. The van der Waals surface area contributed by atoms with Crippen molar-refractivity contribution >= 4 is 28.4 Å². The van der Waals surface area contributed by atoms with Gasteiger partial charge in [0, 0.05) is 24.0 Å². The lowest BCUT2D eigenvalue weighted by Crippen LogP contribution is -2.40. The number of carbonyl (C=O) groups excluding carboxylic acids is 1. The molecule has 0 fully saturated rings. The number of hydrogen-bond donors (Lipinski definition) is 0. The largest absolute Gasteiger partial charge is 0.471 e. The fraction of sp³-hybridized carbons (Fsp3) is 0.238. The highest BCUT2D eigenvalue weighted by Crippen LogP contribution is 2.33. The molecule has 1 amide bonds. The number of ether oxygens (including phenoxy) is 2. The number of hydrogen-bond acceptors (Lipinski definition) is 4. The molecule has 1 aromatic heterocycles. The van der Waals surface area contributed by atoms with E-state index in [-0.39, 0.29) is 25.0 Å². The Balaban J connectivity index is 1.67. The molecule has 1 aliphatic heterocycles. The van der Waals surface area contributed by atoms with Gasteiger partial charge in [-0.3, -0.25) is 4.79 Å². The molecular weight excluding hydrogens is 421 g/mol. The second-order valence-corrected chi connectivity index (χ2v) is 7.34. The average Bonchev–Trinajstić information content (AvgIpc) is 3.15. The lowest BCUT2D eigenvalue weighted by molar-refractivity contribution is -0.186. The maximum absolute atomic E-state index is 13.2. The smallest absolute Gasteiger partial charge is 0.454 e. The summed E-state index contributed by atoms with van der Waals surface area (Å²) in [6, 6.07) is 11.9. The normalized spacial score (nSPS) is 13.0. The number of fused-ring (bicyclic) bond motifs is 2. The summed E-state index contributed by atoms with van der Waals surface area (Å²) in [5, 5.41) is 0.786. The van der Waals surface area contributed by atoms with Gasteiger partial charge in [-0.05, 0) is 42.8 Å². The summed E-state index contributed by atoms with van der Waals surface area (Å²) in [7, 11) is 0. The Kier molecular flexibility index (Phi) is 5.19. The van der Waals surface area contributed by atoms with Crippen LogP contribution in [0.4, 0.5) is 13.2 Å². The molecule has 0 radical (unpaired) electrons. The maximum atomic E-state index is 13.2. The zero-order chi connectivity index (χ0) is 21.5. The molecular formula is C21H16ClF3N2O3. The van der Waals surface area contributed by atoms with Crippen LogP contribution in [0.1, 0.15) is 16.7 Å². The van der Waals surface area contributed by atoms with Crippen molar-refractivity contribution < 1.29 is 27.4 Å². The number of benzene rings is 2. The van der Waals surface area contributed by atoms with E-state index in [0.29, 0.717) is 33.0 Å². The molecule has 0 saturated carbocycles. The maximum Gasteiger partial charge on any atom is 0.471 e. The molecule has 2 heterocycles. The highest BCUT2D eigenvalue weighted by atomic mass is 35.5. The zero-order valence-corrected chi connectivity index (χ0v) is 16.5. The van der Waals surface area contributed by atoms with E-state index in [1.54, 1.807) is 30.3 Å². The standard InChI is InChI=1S/C21H16ClF3N2O3/c1-12-2-4-16-14(6-12)8-15(19(22)26-16)10-27(20(28)21(23,24)25)9-13-3-5-17-18(7-13)30-11-29-17/h2-8H,9-11H2,1H3. The van der Waals surface area contributed by atoms with Gasteiger partial charge in [0.1, 0.15) is 5.15 Å². The third kappa shape index (κ3) is 4.14. The van der Waals surface area contributed by atoms with E-state index in [9.17, 15) is 18.0 Å². The lowest BCUT2D eigenvalue weighted by atomic mass is 10.1. The first-order valence-electron chi connectivity index (χ1n) is 9.01. The molecule has 0 aliphatic carbocycles. The summed E-state index contributed by atoms with van der Waals surface area (Å²) < 4.78 is 50.2. The van der Waals surface area contributed by atoms with E-state index in [2.05, 4.69) is 4.98 Å². The van der Waals surface area contributed by atoms with Gasteiger partial charge in [0.05, 0.1) is 5.52 Å². The fourth-order valence-corrected chi connectivity index (χ4v) is 3.48. The van der Waals surface area contributed by atoms with Crippen LogP contribution >= 0.6 is 11.6 Å². The molecule has 30 heavy (non-hydrogen) atoms. The topological polar surface area (TPSA) is 51.7 Å². The Morgan fingerprint density at radius 3 is 2.63 bits per heavy atom. The molecule has 156 valence electrons. The van der Waals surface area contributed by atoms with Gasteiger partial charge in [0.15, 0.2) is 11.5 Å². The average molecular weight is 437 g/mol. The van der Waals surface area contributed by atoms with Crippen molar-refractivity contribution in [3.63, 3.8) is 0 Å². The Labute approximate surface area is 175 Å². The minimum Gasteiger partial charge on any atom is -0.454 e. The van der Waals surface area contributed by atoms with Gasteiger partial charge in [0.2, 0.25) is 6.79 Å². The van der Waals surface area contributed by atoms with Crippen molar-refractivity contribution in [1.82, 2.24) is 9.88 Å². The highest BCUT2D eigenvalue weighted by molar-refractivity contribution is 6.30. The van der Waals surface area contributed by atoms with Crippen LogP contribution < -0.4 is 9.47 Å². The van der Waals surface area contributed by atoms with E-state index >= 15 is 0 Å². The SMILES string of the molecule is Cc1ccc2nc(Cl)c(CN(Cc3ccc4c(c3)OCO4)C(=O)C(F)(F)F)cc2c1. The van der Waals surface area contributed by atoms with Crippen molar-refractivity contribution in [2.24, 2.45) is 0 Å². The molecule has 0 N–H and O–H groups in total. The van der Waals surface area contributed by atoms with Crippen LogP contribution in [0, 0.1) is 6.92 Å². The first-order valence-corrected chi connectivity index (χ1v) is 9.39. The van der Waals surface area contributed by atoms with Crippen molar-refractivity contribution in [3.05, 3.63) is 64.3 Å². The van der Waals surface area contributed by atoms with Gasteiger partial charge in [-0.1, -0.05) is 29.3 Å². The number of rotatable bonds is 4. The summed E-state index contributed by atoms with van der Waals surface area (Å²) in [4.78, 5) is 17.1. The van der Waals surface area contributed by atoms with Gasteiger partial charge >= 0.3 is 12.1 Å². The van der Waals surface area contributed by atoms with Crippen LogP contribution in [-0.2, 0) is 17.9 Å². The third-order valence-electron chi connectivity index (χ3n) is 4.70. The monoisotopic (exact) mass is 436 g/mol. The van der Waals surface area contributed by atoms with Crippen LogP contribution in [-0.4, -0.2) is 28.8 Å². The molecule has 2 aromatic carbocycles. The lowest BCUT2D eigenvalue weighted by Gasteiger charge is -2.24. The van der Waals surface area contributed by atoms with Crippen molar-refractivity contribution in [2.75, 3.05) is 6.79 Å². The summed E-state index contributed by atoms with van der Waals surface area (Å²) >= 11 is 6.22. The first-order chi connectivity index (χ1) is 14.2. The predicted molar refractivity (Wildman–Crippen MR) is 104 cm³/mol. The Hall–Kier alpha value is -3.00. The molecule has 0 spiro atoms. The zero-order valence-electron chi connectivity index (χ0n) is 15.8. The molecule has 0 bridgehead atoms. The Morgan fingerprint density at radius 2 is 1.87 bits per heavy atom. The van der Waals surface area contributed by atoms with E-state index in [4.69, 9.17) is 21.1 Å². The number of pyridine rings is 1. The molecule has 9 heteroatoms.